The number of aryl methyl sites for hydroxylation is 1. The Labute approximate surface area is 91.8 Å². The fourth-order valence-electron chi connectivity index (χ4n) is 1.34. The molecule has 0 saturated heterocycles. The van der Waals surface area contributed by atoms with Gasteiger partial charge >= 0.3 is 0 Å². The van der Waals surface area contributed by atoms with Crippen molar-refractivity contribution < 1.29 is 4.39 Å². The van der Waals surface area contributed by atoms with Crippen molar-refractivity contribution in [2.24, 2.45) is 5.41 Å². The molecule has 0 atom stereocenters. The van der Waals surface area contributed by atoms with Crippen molar-refractivity contribution in [3.05, 3.63) is 47.8 Å². The highest BCUT2D eigenvalue weighted by molar-refractivity contribution is 5.16. The third-order valence-corrected chi connectivity index (χ3v) is 2.13. The third-order valence-electron chi connectivity index (χ3n) is 2.13. The summed E-state index contributed by atoms with van der Waals surface area (Å²) in [5, 5.41) is 0. The molecule has 1 aromatic carbocycles. The Morgan fingerprint density at radius 2 is 1.73 bits per heavy atom. The molecule has 0 nitrogen and oxygen atoms in total. The Balaban J connectivity index is 2.38. The molecule has 1 aromatic rings. The highest BCUT2D eigenvalue weighted by atomic mass is 19.1. The zero-order chi connectivity index (χ0) is 11.3. The van der Waals surface area contributed by atoms with Crippen LogP contribution in [0.1, 0.15) is 32.8 Å². The molecule has 0 unspecified atom stereocenters. The van der Waals surface area contributed by atoms with E-state index in [-0.39, 0.29) is 11.2 Å². The largest absolute Gasteiger partial charge is 0.207 e. The van der Waals surface area contributed by atoms with Crippen LogP contribution >= 0.6 is 0 Å². The van der Waals surface area contributed by atoms with Crippen LogP contribution in [0.25, 0.3) is 0 Å². The van der Waals surface area contributed by atoms with Crippen molar-refractivity contribution >= 4 is 0 Å². The van der Waals surface area contributed by atoms with Gasteiger partial charge in [-0.15, -0.1) is 0 Å². The van der Waals surface area contributed by atoms with Crippen LogP contribution in [0.2, 0.25) is 0 Å². The van der Waals surface area contributed by atoms with Crippen LogP contribution in [0.4, 0.5) is 4.39 Å². The third kappa shape index (κ3) is 5.36. The fourth-order valence-corrected chi connectivity index (χ4v) is 1.34. The maximum atomic E-state index is 12.6. The first-order valence-electron chi connectivity index (χ1n) is 5.39. The first kappa shape index (κ1) is 12.0. The van der Waals surface area contributed by atoms with Crippen molar-refractivity contribution in [2.45, 2.75) is 33.6 Å². The van der Waals surface area contributed by atoms with Gasteiger partial charge in [0, 0.05) is 0 Å². The number of halogens is 1. The van der Waals surface area contributed by atoms with Crippen LogP contribution in [-0.4, -0.2) is 0 Å². The first-order valence-corrected chi connectivity index (χ1v) is 5.39. The monoisotopic (exact) mass is 206 g/mol. The summed E-state index contributed by atoms with van der Waals surface area (Å²) in [6.07, 6.45) is 6.41. The van der Waals surface area contributed by atoms with Gasteiger partial charge in [0.25, 0.3) is 0 Å². The van der Waals surface area contributed by atoms with Crippen LogP contribution in [0.5, 0.6) is 0 Å². The van der Waals surface area contributed by atoms with E-state index in [0.717, 1.165) is 12.8 Å². The highest BCUT2D eigenvalue weighted by Crippen LogP contribution is 2.15. The fraction of sp³-hybridized carbons (Fsp3) is 0.429. The molecular weight excluding hydrogens is 187 g/mol. The molecule has 0 aliphatic carbocycles. The van der Waals surface area contributed by atoms with E-state index in [4.69, 9.17) is 0 Å². The molecule has 0 radical (unpaired) electrons. The van der Waals surface area contributed by atoms with Gasteiger partial charge in [-0.1, -0.05) is 45.1 Å². The van der Waals surface area contributed by atoms with E-state index in [1.807, 2.05) is 12.1 Å². The summed E-state index contributed by atoms with van der Waals surface area (Å²) in [5.41, 5.74) is 1.44. The van der Waals surface area contributed by atoms with E-state index >= 15 is 0 Å². The molecule has 1 rings (SSSR count). The molecule has 0 amide bonds. The number of allylic oxidation sites excluding steroid dienone is 2. The molecule has 1 heteroatoms. The van der Waals surface area contributed by atoms with E-state index in [1.54, 1.807) is 0 Å². The summed E-state index contributed by atoms with van der Waals surface area (Å²) in [4.78, 5) is 0. The summed E-state index contributed by atoms with van der Waals surface area (Å²) in [6, 6.07) is 6.73. The molecule has 0 fully saturated rings. The van der Waals surface area contributed by atoms with Crippen LogP contribution in [-0.2, 0) is 6.42 Å². The number of hydrogen-bond donors (Lipinski definition) is 0. The molecule has 0 heterocycles. The van der Waals surface area contributed by atoms with Crippen molar-refractivity contribution in [2.75, 3.05) is 0 Å². The van der Waals surface area contributed by atoms with Gasteiger partial charge in [0.1, 0.15) is 5.82 Å². The topological polar surface area (TPSA) is 0 Å². The van der Waals surface area contributed by atoms with E-state index in [9.17, 15) is 4.39 Å². The number of rotatable bonds is 3. The van der Waals surface area contributed by atoms with E-state index in [2.05, 4.69) is 32.9 Å². The normalized spacial score (nSPS) is 12.3. The molecule has 0 saturated carbocycles. The van der Waals surface area contributed by atoms with Gasteiger partial charge in [0.15, 0.2) is 0 Å². The second kappa shape index (κ2) is 5.11. The predicted molar refractivity (Wildman–Crippen MR) is 63.3 cm³/mol. The SMILES string of the molecule is CC(C)(C)/C=C/CCc1ccc(F)cc1. The minimum atomic E-state index is -0.163. The second-order valence-electron chi connectivity index (χ2n) is 4.93. The van der Waals surface area contributed by atoms with Crippen molar-refractivity contribution in [1.29, 1.82) is 0 Å². The van der Waals surface area contributed by atoms with Crippen LogP contribution in [0.15, 0.2) is 36.4 Å². The summed E-state index contributed by atoms with van der Waals surface area (Å²) >= 11 is 0. The Morgan fingerprint density at radius 3 is 2.27 bits per heavy atom. The summed E-state index contributed by atoms with van der Waals surface area (Å²) in [6.45, 7) is 6.55. The maximum absolute atomic E-state index is 12.6. The zero-order valence-electron chi connectivity index (χ0n) is 9.76. The Hall–Kier alpha value is -1.11. The van der Waals surface area contributed by atoms with Crippen LogP contribution < -0.4 is 0 Å². The van der Waals surface area contributed by atoms with E-state index < -0.39 is 0 Å². The number of hydrogen-bond acceptors (Lipinski definition) is 0. The Kier molecular flexibility index (Phi) is 4.07. The van der Waals surface area contributed by atoms with Gasteiger partial charge < -0.3 is 0 Å². The first-order chi connectivity index (χ1) is 6.97. The lowest BCUT2D eigenvalue weighted by Crippen LogP contribution is -1.98. The van der Waals surface area contributed by atoms with Gasteiger partial charge in [-0.2, -0.15) is 0 Å². The molecule has 0 bridgehead atoms. The lowest BCUT2D eigenvalue weighted by atomic mass is 9.95. The Bertz CT molecular complexity index is 314. The van der Waals surface area contributed by atoms with E-state index in [1.165, 1.54) is 17.7 Å². The standard InChI is InChI=1S/C14H19F/c1-14(2,3)11-5-4-6-12-7-9-13(15)10-8-12/h5,7-11H,4,6H2,1-3H3/b11-5+. The highest BCUT2D eigenvalue weighted by Gasteiger charge is 2.02. The minimum Gasteiger partial charge on any atom is -0.207 e. The lowest BCUT2D eigenvalue weighted by molar-refractivity contribution is 0.542. The van der Waals surface area contributed by atoms with Crippen LogP contribution in [0, 0.1) is 11.2 Å². The molecule has 15 heavy (non-hydrogen) atoms. The molecule has 0 spiro atoms. The average molecular weight is 206 g/mol. The summed E-state index contributed by atoms with van der Waals surface area (Å²) in [7, 11) is 0. The smallest absolute Gasteiger partial charge is 0.123 e. The predicted octanol–water partition coefficient (Wildman–Crippen LogP) is 4.36. The van der Waals surface area contributed by atoms with Crippen molar-refractivity contribution in [3.63, 3.8) is 0 Å². The van der Waals surface area contributed by atoms with Gasteiger partial charge in [-0.3, -0.25) is 0 Å². The summed E-state index contributed by atoms with van der Waals surface area (Å²) in [5.74, 6) is -0.163. The van der Waals surface area contributed by atoms with Gasteiger partial charge in [-0.05, 0) is 36.0 Å². The van der Waals surface area contributed by atoms with Gasteiger partial charge in [0.05, 0.1) is 0 Å². The van der Waals surface area contributed by atoms with E-state index in [0.29, 0.717) is 0 Å². The molecular formula is C14H19F. The molecule has 0 aromatic heterocycles. The average Bonchev–Trinajstić information content (AvgIpc) is 2.14. The number of benzene rings is 1. The second-order valence-corrected chi connectivity index (χ2v) is 4.93. The van der Waals surface area contributed by atoms with Gasteiger partial charge in [-0.25, -0.2) is 4.39 Å². The minimum absolute atomic E-state index is 0.163. The maximum Gasteiger partial charge on any atom is 0.123 e. The molecule has 0 aliphatic rings. The molecule has 82 valence electrons. The van der Waals surface area contributed by atoms with Crippen molar-refractivity contribution in [1.82, 2.24) is 0 Å². The lowest BCUT2D eigenvalue weighted by Gasteiger charge is -2.10. The van der Waals surface area contributed by atoms with Gasteiger partial charge in [0.2, 0.25) is 0 Å². The molecule has 0 aliphatic heterocycles. The summed E-state index contributed by atoms with van der Waals surface area (Å²) < 4.78 is 12.6. The van der Waals surface area contributed by atoms with Crippen LogP contribution in [0.3, 0.4) is 0 Å². The quantitative estimate of drug-likeness (QED) is 0.644. The zero-order valence-corrected chi connectivity index (χ0v) is 9.76. The Morgan fingerprint density at radius 1 is 1.13 bits per heavy atom. The molecule has 0 N–H and O–H groups in total. The van der Waals surface area contributed by atoms with Crippen molar-refractivity contribution in [3.8, 4) is 0 Å².